The maximum absolute atomic E-state index is 4.85. The van der Waals surface area contributed by atoms with Crippen molar-refractivity contribution in [3.63, 3.8) is 0 Å². The van der Waals surface area contributed by atoms with Gasteiger partial charge in [0, 0.05) is 70.8 Å². The first-order chi connectivity index (χ1) is 15.3. The number of nitrogens with zero attached hydrogens (tertiary/aromatic N) is 6. The quantitative estimate of drug-likeness (QED) is 0.501. The van der Waals surface area contributed by atoms with Crippen LogP contribution in [-0.4, -0.2) is 85.8 Å². The molecule has 2 aliphatic rings. The Morgan fingerprint density at radius 2 is 1.84 bits per heavy atom. The minimum Gasteiger partial charge on any atom is -0.363 e. The van der Waals surface area contributed by atoms with Gasteiger partial charge < -0.3 is 20.4 Å². The molecule has 0 aromatic carbocycles. The lowest BCUT2D eigenvalue weighted by molar-refractivity contribution is 0.263. The second-order valence-corrected chi connectivity index (χ2v) is 8.92. The zero-order valence-corrected chi connectivity index (χ0v) is 19.2. The van der Waals surface area contributed by atoms with Crippen molar-refractivity contribution < 1.29 is 0 Å². The molecule has 31 heavy (non-hydrogen) atoms. The van der Waals surface area contributed by atoms with Gasteiger partial charge in [0.05, 0.1) is 11.5 Å². The molecule has 2 fully saturated rings. The van der Waals surface area contributed by atoms with Gasteiger partial charge in [-0.1, -0.05) is 0 Å². The first-order valence-corrected chi connectivity index (χ1v) is 12.3. The van der Waals surface area contributed by atoms with Gasteiger partial charge in [0.15, 0.2) is 5.96 Å². The number of hydrogen-bond acceptors (Lipinski definition) is 7. The first kappa shape index (κ1) is 21.8. The molecule has 0 amide bonds. The van der Waals surface area contributed by atoms with Gasteiger partial charge in [0.2, 0.25) is 5.95 Å². The van der Waals surface area contributed by atoms with Crippen LogP contribution in [-0.2, 0) is 0 Å². The van der Waals surface area contributed by atoms with Gasteiger partial charge in [0.1, 0.15) is 0 Å². The van der Waals surface area contributed by atoms with Crippen LogP contribution in [0.25, 0.3) is 0 Å². The first-order valence-electron chi connectivity index (χ1n) is 11.4. The highest BCUT2D eigenvalue weighted by Crippen LogP contribution is 2.24. The number of piperazine rings is 1. The molecule has 0 spiro atoms. The number of rotatable bonds is 7. The van der Waals surface area contributed by atoms with Crippen LogP contribution in [0.1, 0.15) is 19.8 Å². The largest absolute Gasteiger partial charge is 0.363 e. The standard InChI is InChI=1S/C22H34N8S/c1-2-23-21(27-19-6-11-29(12-7-19)20-5-3-18-31-20)24-10-13-28-14-16-30(17-15-28)22-25-8-4-9-26-22/h3-5,8-9,18-19H,2,6-7,10-17H2,1H3,(H2,23,24,27). The van der Waals surface area contributed by atoms with Crippen molar-refractivity contribution in [2.45, 2.75) is 25.8 Å². The van der Waals surface area contributed by atoms with Crippen LogP contribution in [0, 0.1) is 0 Å². The summed E-state index contributed by atoms with van der Waals surface area (Å²) in [5, 5.41) is 10.6. The summed E-state index contributed by atoms with van der Waals surface area (Å²) in [7, 11) is 0. The predicted molar refractivity (Wildman–Crippen MR) is 129 cm³/mol. The van der Waals surface area contributed by atoms with E-state index in [1.54, 1.807) is 0 Å². The number of nitrogens with one attached hydrogen (secondary N) is 2. The van der Waals surface area contributed by atoms with Gasteiger partial charge in [-0.3, -0.25) is 9.89 Å². The zero-order valence-electron chi connectivity index (χ0n) is 18.4. The summed E-state index contributed by atoms with van der Waals surface area (Å²) in [5.41, 5.74) is 0. The van der Waals surface area contributed by atoms with E-state index in [1.165, 1.54) is 5.00 Å². The molecule has 2 aromatic heterocycles. The minimum absolute atomic E-state index is 0.489. The van der Waals surface area contributed by atoms with Crippen LogP contribution < -0.4 is 20.4 Å². The van der Waals surface area contributed by atoms with Crippen LogP contribution in [0.15, 0.2) is 41.0 Å². The van der Waals surface area contributed by atoms with Crippen molar-refractivity contribution in [2.75, 3.05) is 68.7 Å². The van der Waals surface area contributed by atoms with E-state index < -0.39 is 0 Å². The molecule has 2 aromatic rings. The molecule has 168 valence electrons. The van der Waals surface area contributed by atoms with Crippen LogP contribution in [0.3, 0.4) is 0 Å². The number of aliphatic imine (C=N–C) groups is 1. The third kappa shape index (κ3) is 6.30. The Balaban J connectivity index is 1.19. The summed E-state index contributed by atoms with van der Waals surface area (Å²) < 4.78 is 0. The van der Waals surface area contributed by atoms with Crippen LogP contribution in [0.2, 0.25) is 0 Å². The third-order valence-corrected chi connectivity index (χ3v) is 6.82. The van der Waals surface area contributed by atoms with Gasteiger partial charge in [-0.2, -0.15) is 0 Å². The summed E-state index contributed by atoms with van der Waals surface area (Å²) >= 11 is 1.83. The Hall–Kier alpha value is -2.39. The van der Waals surface area contributed by atoms with E-state index in [0.717, 1.165) is 83.7 Å². The lowest BCUT2D eigenvalue weighted by Gasteiger charge is -2.34. The Kier molecular flexibility index (Phi) is 7.95. The highest BCUT2D eigenvalue weighted by atomic mass is 32.1. The average Bonchev–Trinajstić information content (AvgIpc) is 3.36. The summed E-state index contributed by atoms with van der Waals surface area (Å²) in [5.74, 6) is 1.79. The smallest absolute Gasteiger partial charge is 0.225 e. The second-order valence-electron chi connectivity index (χ2n) is 8.00. The summed E-state index contributed by atoms with van der Waals surface area (Å²) in [4.78, 5) is 20.8. The number of thiophene rings is 1. The number of aromatic nitrogens is 2. The number of anilines is 2. The predicted octanol–water partition coefficient (Wildman–Crippen LogP) is 1.88. The molecule has 0 aliphatic carbocycles. The van der Waals surface area contributed by atoms with E-state index in [-0.39, 0.29) is 0 Å². The molecule has 0 bridgehead atoms. The highest BCUT2D eigenvalue weighted by Gasteiger charge is 2.21. The molecule has 0 atom stereocenters. The van der Waals surface area contributed by atoms with Gasteiger partial charge in [0.25, 0.3) is 0 Å². The second kappa shape index (κ2) is 11.3. The molecule has 9 heteroatoms. The molecule has 4 rings (SSSR count). The SMILES string of the molecule is CCNC(=NCCN1CCN(c2ncccn2)CC1)NC1CCN(c2cccs2)CC1. The number of piperidine rings is 1. The van der Waals surface area contributed by atoms with E-state index in [0.29, 0.717) is 6.04 Å². The summed E-state index contributed by atoms with van der Waals surface area (Å²) in [6.07, 6.45) is 5.91. The molecule has 2 saturated heterocycles. The van der Waals surface area contributed by atoms with Gasteiger partial charge in [-0.15, -0.1) is 11.3 Å². The van der Waals surface area contributed by atoms with E-state index in [9.17, 15) is 0 Å². The Morgan fingerprint density at radius 3 is 2.52 bits per heavy atom. The fourth-order valence-electron chi connectivity index (χ4n) is 4.14. The van der Waals surface area contributed by atoms with Crippen LogP contribution >= 0.6 is 11.3 Å². The normalized spacial score (nSPS) is 18.9. The fourth-order valence-corrected chi connectivity index (χ4v) is 4.92. The zero-order chi connectivity index (χ0) is 21.3. The molecular formula is C22H34N8S. The van der Waals surface area contributed by atoms with Crippen molar-refractivity contribution in [1.29, 1.82) is 0 Å². The van der Waals surface area contributed by atoms with Crippen LogP contribution in [0.4, 0.5) is 10.9 Å². The molecule has 4 heterocycles. The van der Waals surface area contributed by atoms with Gasteiger partial charge >= 0.3 is 0 Å². The van der Waals surface area contributed by atoms with Crippen molar-refractivity contribution >= 4 is 28.2 Å². The number of hydrogen-bond donors (Lipinski definition) is 2. The maximum atomic E-state index is 4.85. The highest BCUT2D eigenvalue weighted by molar-refractivity contribution is 7.14. The Morgan fingerprint density at radius 1 is 1.06 bits per heavy atom. The molecule has 8 nitrogen and oxygen atoms in total. The van der Waals surface area contributed by atoms with Crippen LogP contribution in [0.5, 0.6) is 0 Å². The average molecular weight is 443 g/mol. The van der Waals surface area contributed by atoms with Gasteiger partial charge in [-0.05, 0) is 43.3 Å². The van der Waals surface area contributed by atoms with E-state index >= 15 is 0 Å². The Labute approximate surface area is 189 Å². The molecule has 0 saturated carbocycles. The summed E-state index contributed by atoms with van der Waals surface area (Å²) in [6, 6.07) is 6.70. The van der Waals surface area contributed by atoms with E-state index in [1.807, 2.05) is 29.8 Å². The van der Waals surface area contributed by atoms with Crippen molar-refractivity contribution in [2.24, 2.45) is 4.99 Å². The topological polar surface area (TPSA) is 71.9 Å². The Bertz CT molecular complexity index is 781. The molecule has 2 aliphatic heterocycles. The van der Waals surface area contributed by atoms with Crippen molar-refractivity contribution in [3.05, 3.63) is 36.0 Å². The van der Waals surface area contributed by atoms with Crippen molar-refractivity contribution in [1.82, 2.24) is 25.5 Å². The maximum Gasteiger partial charge on any atom is 0.225 e. The molecule has 0 radical (unpaired) electrons. The molecule has 2 N–H and O–H groups in total. The lowest BCUT2D eigenvalue weighted by Crippen LogP contribution is -2.49. The molecule has 0 unspecified atom stereocenters. The van der Waals surface area contributed by atoms with Crippen molar-refractivity contribution in [3.8, 4) is 0 Å². The fraction of sp³-hybridized carbons (Fsp3) is 0.591. The molecular weight excluding hydrogens is 408 g/mol. The monoisotopic (exact) mass is 442 g/mol. The lowest BCUT2D eigenvalue weighted by atomic mass is 10.1. The van der Waals surface area contributed by atoms with Gasteiger partial charge in [-0.25, -0.2) is 9.97 Å². The third-order valence-electron chi connectivity index (χ3n) is 5.89. The number of guanidine groups is 1. The minimum atomic E-state index is 0.489. The van der Waals surface area contributed by atoms with E-state index in [2.05, 4.69) is 59.7 Å². The van der Waals surface area contributed by atoms with E-state index in [4.69, 9.17) is 4.99 Å². The summed E-state index contributed by atoms with van der Waals surface area (Å²) in [6.45, 7) is 11.0.